The number of esters is 1. The molecule has 1 atom stereocenters. The Morgan fingerprint density at radius 1 is 0.922 bits per heavy atom. The predicted octanol–water partition coefficient (Wildman–Crippen LogP) is 7.96. The van der Waals surface area contributed by atoms with E-state index in [1.807, 2.05) is 57.2 Å². The quantitative estimate of drug-likeness (QED) is 0.116. The van der Waals surface area contributed by atoms with Crippen LogP contribution in [0.2, 0.25) is 0 Å². The minimum absolute atomic E-state index is 0.169. The Morgan fingerprint density at radius 2 is 1.67 bits per heavy atom. The van der Waals surface area contributed by atoms with E-state index in [0.717, 1.165) is 20.9 Å². The summed E-state index contributed by atoms with van der Waals surface area (Å²) in [5.74, 6) is -0.271. The number of hydrogen-bond acceptors (Lipinski definition) is 10. The first-order chi connectivity index (χ1) is 24.4. The number of hydrogen-bond donors (Lipinski definition) is 2. The molecule has 0 spiro atoms. The van der Waals surface area contributed by atoms with Gasteiger partial charge in [0, 0.05) is 27.6 Å². The Balaban J connectivity index is 1.39. The molecule has 13 heteroatoms. The Hall–Kier alpha value is -5.01. The average molecular weight is 732 g/mol. The van der Waals surface area contributed by atoms with Gasteiger partial charge in [-0.25, -0.2) is 9.59 Å². The zero-order valence-electron chi connectivity index (χ0n) is 29.4. The number of amides is 3. The van der Waals surface area contributed by atoms with Crippen LogP contribution in [0.1, 0.15) is 69.7 Å². The van der Waals surface area contributed by atoms with Crippen molar-refractivity contribution in [1.29, 1.82) is 0 Å². The first-order valence-corrected chi connectivity index (χ1v) is 18.1. The molecule has 0 fully saturated rings. The lowest BCUT2D eigenvalue weighted by Crippen LogP contribution is -2.39. The molecule has 3 aromatic carbocycles. The standard InChI is InChI=1S/C38H41N3O8S2/c1-7-48-36(44)31-27-18-19-41(37(45)49-38(2,3)4)22-30(27)51-35(31)40-34(43)32(23-12-9-8-10-13-23)50-26-15-11-14-25(21-26)39-33(42)24-16-17-28(46-5)29(20-24)47-6/h8-17,20-21,32H,7,18-19,22H2,1-6H3,(H,39,42)(H,40,43). The normalized spacial score (nSPS) is 13.0. The van der Waals surface area contributed by atoms with Crippen LogP contribution in [0.25, 0.3) is 0 Å². The lowest BCUT2D eigenvalue weighted by atomic mass is 10.0. The summed E-state index contributed by atoms with van der Waals surface area (Å²) in [5, 5.41) is 5.59. The van der Waals surface area contributed by atoms with E-state index in [0.29, 0.717) is 46.3 Å². The zero-order chi connectivity index (χ0) is 36.7. The molecule has 1 aliphatic rings. The number of nitrogens with one attached hydrogen (secondary N) is 2. The number of rotatable bonds is 11. The average Bonchev–Trinajstić information content (AvgIpc) is 3.47. The van der Waals surface area contributed by atoms with Gasteiger partial charge in [-0.05, 0) is 81.6 Å². The molecule has 0 saturated carbocycles. The fourth-order valence-electron chi connectivity index (χ4n) is 5.44. The van der Waals surface area contributed by atoms with E-state index < -0.39 is 22.9 Å². The Kier molecular flexibility index (Phi) is 11.9. The van der Waals surface area contributed by atoms with Crippen LogP contribution in [0.5, 0.6) is 11.5 Å². The van der Waals surface area contributed by atoms with E-state index in [4.69, 9.17) is 18.9 Å². The Morgan fingerprint density at radius 3 is 2.35 bits per heavy atom. The lowest BCUT2D eigenvalue weighted by molar-refractivity contribution is -0.115. The Labute approximate surface area is 305 Å². The van der Waals surface area contributed by atoms with Crippen molar-refractivity contribution < 1.29 is 38.1 Å². The number of methoxy groups -OCH3 is 2. The first-order valence-electron chi connectivity index (χ1n) is 16.4. The van der Waals surface area contributed by atoms with Crippen LogP contribution >= 0.6 is 23.1 Å². The van der Waals surface area contributed by atoms with Gasteiger partial charge in [-0.1, -0.05) is 36.4 Å². The maximum Gasteiger partial charge on any atom is 0.410 e. The van der Waals surface area contributed by atoms with Crippen LogP contribution in [0.15, 0.2) is 77.7 Å². The number of nitrogens with zero attached hydrogens (tertiary/aromatic N) is 1. The highest BCUT2D eigenvalue weighted by Crippen LogP contribution is 2.41. The summed E-state index contributed by atoms with van der Waals surface area (Å²) in [6, 6.07) is 21.5. The highest BCUT2D eigenvalue weighted by atomic mass is 32.2. The molecule has 1 aliphatic heterocycles. The maximum atomic E-state index is 14.2. The summed E-state index contributed by atoms with van der Waals surface area (Å²) in [7, 11) is 3.03. The summed E-state index contributed by atoms with van der Waals surface area (Å²) >= 11 is 2.56. The third kappa shape index (κ3) is 9.21. The van der Waals surface area contributed by atoms with Gasteiger partial charge >= 0.3 is 12.1 Å². The van der Waals surface area contributed by atoms with Crippen molar-refractivity contribution in [2.75, 3.05) is 38.0 Å². The van der Waals surface area contributed by atoms with E-state index in [9.17, 15) is 19.2 Å². The smallest absolute Gasteiger partial charge is 0.410 e. The number of carbonyl (C=O) groups excluding carboxylic acids is 4. The van der Waals surface area contributed by atoms with E-state index >= 15 is 0 Å². The van der Waals surface area contributed by atoms with Gasteiger partial charge in [0.05, 0.1) is 32.9 Å². The summed E-state index contributed by atoms with van der Waals surface area (Å²) in [4.78, 5) is 56.6. The fraction of sp³-hybridized carbons (Fsp3) is 0.316. The van der Waals surface area contributed by atoms with Gasteiger partial charge in [0.1, 0.15) is 15.9 Å². The molecule has 2 N–H and O–H groups in total. The monoisotopic (exact) mass is 731 g/mol. The molecular weight excluding hydrogens is 691 g/mol. The van der Waals surface area contributed by atoms with Crippen molar-refractivity contribution in [2.45, 2.75) is 56.4 Å². The number of benzene rings is 3. The van der Waals surface area contributed by atoms with Gasteiger partial charge in [-0.3, -0.25) is 9.59 Å². The number of carbonyl (C=O) groups is 4. The second-order valence-electron chi connectivity index (χ2n) is 12.5. The fourth-order valence-corrected chi connectivity index (χ4v) is 7.77. The van der Waals surface area contributed by atoms with Crippen LogP contribution in [-0.4, -0.2) is 61.7 Å². The van der Waals surface area contributed by atoms with Gasteiger partial charge in [0.25, 0.3) is 5.91 Å². The third-order valence-electron chi connectivity index (χ3n) is 7.76. The number of ether oxygens (including phenoxy) is 4. The van der Waals surface area contributed by atoms with Crippen LogP contribution in [0.4, 0.5) is 15.5 Å². The van der Waals surface area contributed by atoms with Crippen molar-refractivity contribution in [3.63, 3.8) is 0 Å². The number of thioether (sulfide) groups is 1. The first kappa shape index (κ1) is 37.3. The van der Waals surface area contributed by atoms with Gasteiger partial charge in [0.15, 0.2) is 11.5 Å². The second kappa shape index (κ2) is 16.3. The van der Waals surface area contributed by atoms with Crippen LogP contribution in [0, 0.1) is 0 Å². The maximum absolute atomic E-state index is 14.2. The Bertz CT molecular complexity index is 1900. The minimum Gasteiger partial charge on any atom is -0.493 e. The molecule has 5 rings (SSSR count). The molecule has 2 heterocycles. The topological polar surface area (TPSA) is 132 Å². The van der Waals surface area contributed by atoms with Crippen molar-refractivity contribution in [3.05, 3.63) is 99.9 Å². The van der Waals surface area contributed by atoms with Crippen molar-refractivity contribution in [2.24, 2.45) is 0 Å². The van der Waals surface area contributed by atoms with Crippen molar-refractivity contribution >= 4 is 57.7 Å². The molecule has 0 aliphatic carbocycles. The molecule has 1 aromatic heterocycles. The van der Waals surface area contributed by atoms with Gasteiger partial charge < -0.3 is 34.5 Å². The third-order valence-corrected chi connectivity index (χ3v) is 10.1. The van der Waals surface area contributed by atoms with Gasteiger partial charge in [-0.2, -0.15) is 0 Å². The molecule has 51 heavy (non-hydrogen) atoms. The second-order valence-corrected chi connectivity index (χ2v) is 14.8. The molecular formula is C38H41N3O8S2. The summed E-state index contributed by atoms with van der Waals surface area (Å²) in [6.07, 6.45) is -0.0270. The lowest BCUT2D eigenvalue weighted by Gasteiger charge is -2.30. The minimum atomic E-state index is -0.726. The molecule has 0 saturated heterocycles. The van der Waals surface area contributed by atoms with Crippen LogP contribution < -0.4 is 20.1 Å². The van der Waals surface area contributed by atoms with Crippen LogP contribution in [0.3, 0.4) is 0 Å². The highest BCUT2D eigenvalue weighted by Gasteiger charge is 2.34. The number of anilines is 2. The SMILES string of the molecule is CCOC(=O)c1c(NC(=O)C(Sc2cccc(NC(=O)c3ccc(OC)c(OC)c3)c2)c2ccccc2)sc2c1CCN(C(=O)OC(C)(C)C)C2. The number of thiophene rings is 1. The zero-order valence-corrected chi connectivity index (χ0v) is 31.0. The molecule has 3 amide bonds. The summed E-state index contributed by atoms with van der Waals surface area (Å²) < 4.78 is 21.6. The molecule has 0 bridgehead atoms. The molecule has 4 aromatic rings. The van der Waals surface area contributed by atoms with Crippen LogP contribution in [-0.2, 0) is 27.2 Å². The van der Waals surface area contributed by atoms with E-state index in [-0.39, 0.29) is 25.0 Å². The van der Waals surface area contributed by atoms with Crippen molar-refractivity contribution in [1.82, 2.24) is 4.90 Å². The molecule has 0 radical (unpaired) electrons. The summed E-state index contributed by atoms with van der Waals surface area (Å²) in [5.41, 5.74) is 2.09. The number of fused-ring (bicyclic) bond motifs is 1. The van der Waals surface area contributed by atoms with E-state index in [1.165, 1.54) is 37.3 Å². The highest BCUT2D eigenvalue weighted by molar-refractivity contribution is 8.00. The molecule has 1 unspecified atom stereocenters. The molecule has 11 nitrogen and oxygen atoms in total. The predicted molar refractivity (Wildman–Crippen MR) is 198 cm³/mol. The van der Waals surface area contributed by atoms with E-state index in [2.05, 4.69) is 10.6 Å². The van der Waals surface area contributed by atoms with Crippen molar-refractivity contribution in [3.8, 4) is 11.5 Å². The van der Waals surface area contributed by atoms with E-state index in [1.54, 1.807) is 48.2 Å². The molecule has 268 valence electrons. The van der Waals surface area contributed by atoms with Gasteiger partial charge in [0.2, 0.25) is 5.91 Å². The largest absolute Gasteiger partial charge is 0.493 e. The summed E-state index contributed by atoms with van der Waals surface area (Å²) in [6.45, 7) is 7.94. The van der Waals surface area contributed by atoms with Gasteiger partial charge in [-0.15, -0.1) is 23.1 Å².